The molecule has 9 nitrogen and oxygen atoms in total. The maximum atomic E-state index is 12.7. The van der Waals surface area contributed by atoms with Crippen molar-refractivity contribution < 1.29 is 24.3 Å². The number of hydrogen-bond donors (Lipinski definition) is 4. The topological polar surface area (TPSA) is 151 Å². The molecule has 152 valence electrons. The molecule has 29 heavy (non-hydrogen) atoms. The van der Waals surface area contributed by atoms with Gasteiger partial charge in [0.15, 0.2) is 0 Å². The van der Waals surface area contributed by atoms with Gasteiger partial charge in [0.2, 0.25) is 17.6 Å². The molecule has 1 heterocycles. The number of amides is 2. The second-order valence-electron chi connectivity index (χ2n) is 6.04. The molecule has 2 aromatic rings. The van der Waals surface area contributed by atoms with E-state index in [2.05, 4.69) is 31.5 Å². The van der Waals surface area contributed by atoms with Crippen LogP contribution in [0.1, 0.15) is 28.9 Å². The average molecular weight is 463 g/mol. The van der Waals surface area contributed by atoms with E-state index in [0.717, 1.165) is 0 Å². The molecule has 2 amide bonds. The Bertz CT molecular complexity index is 920. The Morgan fingerprint density at radius 3 is 2.59 bits per heavy atom. The first-order valence-electron chi connectivity index (χ1n) is 8.58. The lowest BCUT2D eigenvalue weighted by atomic mass is 10.1. The van der Waals surface area contributed by atoms with Crippen LogP contribution < -0.4 is 16.4 Å². The fourth-order valence-corrected chi connectivity index (χ4v) is 2.71. The van der Waals surface area contributed by atoms with E-state index in [4.69, 9.17) is 10.8 Å². The van der Waals surface area contributed by atoms with Gasteiger partial charge in [-0.1, -0.05) is 22.0 Å². The minimum absolute atomic E-state index is 0.0434. The molecule has 1 atom stereocenters. The predicted octanol–water partition coefficient (Wildman–Crippen LogP) is 1.32. The summed E-state index contributed by atoms with van der Waals surface area (Å²) in [5.41, 5.74) is 6.30. The lowest BCUT2D eigenvalue weighted by molar-refractivity contribution is -0.137. The van der Waals surface area contributed by atoms with Gasteiger partial charge in [0, 0.05) is 22.7 Å². The molecule has 0 saturated heterocycles. The Labute approximate surface area is 174 Å². The summed E-state index contributed by atoms with van der Waals surface area (Å²) in [4.78, 5) is 51.3. The maximum absolute atomic E-state index is 12.7. The fourth-order valence-electron chi connectivity index (χ4n) is 2.35. The number of aliphatic carboxylic acids is 1. The van der Waals surface area contributed by atoms with Crippen molar-refractivity contribution in [2.24, 2.45) is 5.73 Å². The third-order valence-corrected chi connectivity index (χ3v) is 4.32. The van der Waals surface area contributed by atoms with Crippen LogP contribution in [-0.4, -0.2) is 46.2 Å². The van der Waals surface area contributed by atoms with E-state index >= 15 is 0 Å². The summed E-state index contributed by atoms with van der Waals surface area (Å²) in [5.74, 6) is -2.64. The largest absolute Gasteiger partial charge is 0.481 e. The molecule has 1 aromatic heterocycles. The number of benzene rings is 1. The number of anilines is 1. The van der Waals surface area contributed by atoms with Crippen LogP contribution in [-0.2, 0) is 14.4 Å². The van der Waals surface area contributed by atoms with Crippen molar-refractivity contribution in [3.8, 4) is 0 Å². The second-order valence-corrected chi connectivity index (χ2v) is 6.95. The highest BCUT2D eigenvalue weighted by molar-refractivity contribution is 9.10. The molecule has 0 spiro atoms. The summed E-state index contributed by atoms with van der Waals surface area (Å²) in [6.45, 7) is -0.382. The lowest BCUT2D eigenvalue weighted by Gasteiger charge is -2.13. The van der Waals surface area contributed by atoms with Gasteiger partial charge in [0.1, 0.15) is 5.69 Å². The van der Waals surface area contributed by atoms with Gasteiger partial charge < -0.3 is 21.5 Å². The molecule has 0 saturated carbocycles. The van der Waals surface area contributed by atoms with Crippen LogP contribution in [0.4, 0.5) is 5.69 Å². The first-order valence-corrected chi connectivity index (χ1v) is 9.37. The van der Waals surface area contributed by atoms with Crippen LogP contribution in [0.2, 0.25) is 0 Å². The number of aromatic nitrogens is 1. The molecule has 10 heteroatoms. The number of hydrogen-bond acceptors (Lipinski definition) is 6. The summed E-state index contributed by atoms with van der Waals surface area (Å²) in [6.07, 6.45) is 1.20. The maximum Gasteiger partial charge on any atom is 0.303 e. The Hall–Kier alpha value is -3.11. The third kappa shape index (κ3) is 6.77. The van der Waals surface area contributed by atoms with E-state index in [1.54, 1.807) is 36.4 Å². The zero-order valence-corrected chi connectivity index (χ0v) is 16.8. The van der Waals surface area contributed by atoms with E-state index < -0.39 is 23.8 Å². The smallest absolute Gasteiger partial charge is 0.303 e. The van der Waals surface area contributed by atoms with Crippen molar-refractivity contribution in [2.75, 3.05) is 11.9 Å². The predicted molar refractivity (Wildman–Crippen MR) is 108 cm³/mol. The van der Waals surface area contributed by atoms with E-state index in [-0.39, 0.29) is 42.1 Å². The summed E-state index contributed by atoms with van der Waals surface area (Å²) in [7, 11) is 0. The minimum Gasteiger partial charge on any atom is -0.481 e. The van der Waals surface area contributed by atoms with Crippen molar-refractivity contribution >= 4 is 45.2 Å². The number of halogens is 1. The molecule has 0 radical (unpaired) electrons. The van der Waals surface area contributed by atoms with Crippen molar-refractivity contribution in [3.05, 3.63) is 58.3 Å². The van der Waals surface area contributed by atoms with E-state index in [0.29, 0.717) is 4.47 Å². The molecule has 0 aliphatic carbocycles. The second kappa shape index (κ2) is 10.4. The molecular formula is C19H19BrN4O5. The molecule has 0 aliphatic rings. The van der Waals surface area contributed by atoms with E-state index in [1.807, 2.05) is 0 Å². The molecule has 1 aromatic carbocycles. The number of nitrogens with zero attached hydrogens (tertiary/aromatic N) is 1. The number of rotatable bonds is 9. The van der Waals surface area contributed by atoms with Crippen LogP contribution in [0.25, 0.3) is 0 Å². The number of pyridine rings is 1. The van der Waals surface area contributed by atoms with Gasteiger partial charge in [0.25, 0.3) is 0 Å². The standard InChI is InChI=1S/C19H19BrN4O5/c20-11-4-6-14(12(9-11)18(28)15-3-1-2-8-22-15)24-16(25)10-23-19(29)13(21)5-7-17(26)27/h1-4,6,8-9,13H,5,7,10,21H2,(H,23,29)(H,24,25)(H,26,27). The van der Waals surface area contributed by atoms with Gasteiger partial charge in [-0.15, -0.1) is 0 Å². The highest BCUT2D eigenvalue weighted by atomic mass is 79.9. The zero-order chi connectivity index (χ0) is 21.4. The first-order chi connectivity index (χ1) is 13.8. The molecule has 2 rings (SSSR count). The fraction of sp³-hybridized carbons (Fsp3) is 0.211. The number of nitrogens with one attached hydrogen (secondary N) is 2. The summed E-state index contributed by atoms with van der Waals surface area (Å²) >= 11 is 3.30. The van der Waals surface area contributed by atoms with Crippen LogP contribution in [0.15, 0.2) is 47.1 Å². The Morgan fingerprint density at radius 2 is 1.93 bits per heavy atom. The number of nitrogens with two attached hydrogens (primary N) is 1. The van der Waals surface area contributed by atoms with Gasteiger partial charge in [-0.3, -0.25) is 24.2 Å². The van der Waals surface area contributed by atoms with Crippen molar-refractivity contribution in [1.29, 1.82) is 0 Å². The molecule has 0 aliphatic heterocycles. The quantitative estimate of drug-likeness (QED) is 0.410. The number of carboxylic acids is 1. The van der Waals surface area contributed by atoms with Crippen molar-refractivity contribution in [1.82, 2.24) is 10.3 Å². The molecule has 0 bridgehead atoms. The zero-order valence-electron chi connectivity index (χ0n) is 15.2. The SMILES string of the molecule is NC(CCC(=O)O)C(=O)NCC(=O)Nc1ccc(Br)cc1C(=O)c1ccccn1. The summed E-state index contributed by atoms with van der Waals surface area (Å²) in [6, 6.07) is 8.67. The van der Waals surface area contributed by atoms with Crippen LogP contribution in [0.3, 0.4) is 0 Å². The summed E-state index contributed by atoms with van der Waals surface area (Å²) in [5, 5.41) is 13.5. The number of carbonyl (C=O) groups is 4. The Kier molecular flexibility index (Phi) is 7.98. The van der Waals surface area contributed by atoms with Gasteiger partial charge in [0.05, 0.1) is 18.3 Å². The van der Waals surface area contributed by atoms with Gasteiger partial charge in [-0.25, -0.2) is 0 Å². The lowest BCUT2D eigenvalue weighted by Crippen LogP contribution is -2.43. The van der Waals surface area contributed by atoms with Gasteiger partial charge in [-0.2, -0.15) is 0 Å². The molecular weight excluding hydrogens is 444 g/mol. The van der Waals surface area contributed by atoms with Gasteiger partial charge in [-0.05, 0) is 36.8 Å². The monoisotopic (exact) mass is 462 g/mol. The summed E-state index contributed by atoms with van der Waals surface area (Å²) < 4.78 is 0.646. The molecule has 5 N–H and O–H groups in total. The van der Waals surface area contributed by atoms with Crippen molar-refractivity contribution in [3.63, 3.8) is 0 Å². The normalized spacial score (nSPS) is 11.4. The average Bonchev–Trinajstić information content (AvgIpc) is 2.71. The van der Waals surface area contributed by atoms with E-state index in [9.17, 15) is 19.2 Å². The number of ketones is 1. The van der Waals surface area contributed by atoms with Crippen molar-refractivity contribution in [2.45, 2.75) is 18.9 Å². The van der Waals surface area contributed by atoms with Gasteiger partial charge >= 0.3 is 5.97 Å². The molecule has 0 fully saturated rings. The van der Waals surface area contributed by atoms with Crippen LogP contribution in [0, 0.1) is 0 Å². The molecule has 1 unspecified atom stereocenters. The highest BCUT2D eigenvalue weighted by Crippen LogP contribution is 2.23. The Balaban J connectivity index is 2.02. The number of carbonyl (C=O) groups excluding carboxylic acids is 3. The first kappa shape index (κ1) is 22.2. The van der Waals surface area contributed by atoms with Crippen LogP contribution >= 0.6 is 15.9 Å². The van der Waals surface area contributed by atoms with Crippen LogP contribution in [0.5, 0.6) is 0 Å². The third-order valence-electron chi connectivity index (χ3n) is 3.83. The highest BCUT2D eigenvalue weighted by Gasteiger charge is 2.19. The number of carboxylic acid groups (broad SMARTS) is 1. The minimum atomic E-state index is -1.06. The van der Waals surface area contributed by atoms with E-state index in [1.165, 1.54) is 6.20 Å². The Morgan fingerprint density at radius 1 is 1.17 bits per heavy atom.